The Morgan fingerprint density at radius 2 is 1.84 bits per heavy atom. The fraction of sp³-hybridized carbons (Fsp3) is 0.500. The van der Waals surface area contributed by atoms with Crippen LogP contribution in [-0.4, -0.2) is 20.2 Å². The summed E-state index contributed by atoms with van der Waals surface area (Å²) in [5.74, 6) is 0.815. The van der Waals surface area contributed by atoms with Crippen molar-refractivity contribution in [1.29, 1.82) is 0 Å². The van der Waals surface area contributed by atoms with E-state index < -0.39 is 5.97 Å². The Balaban J connectivity index is 2.31. The molecular weight excluding hydrogens is 320 g/mol. The van der Waals surface area contributed by atoms with Crippen molar-refractivity contribution in [2.45, 2.75) is 51.9 Å². The summed E-state index contributed by atoms with van der Waals surface area (Å²) < 4.78 is 15.9. The van der Waals surface area contributed by atoms with Crippen molar-refractivity contribution < 1.29 is 18.7 Å². The van der Waals surface area contributed by atoms with Crippen LogP contribution in [0, 0.1) is 0 Å². The molecule has 0 saturated carbocycles. The van der Waals surface area contributed by atoms with Gasteiger partial charge >= 0.3 is 5.97 Å². The van der Waals surface area contributed by atoms with Crippen LogP contribution in [0.4, 0.5) is 0 Å². The van der Waals surface area contributed by atoms with E-state index in [0.717, 1.165) is 19.3 Å². The van der Waals surface area contributed by atoms with Crippen LogP contribution >= 0.6 is 0 Å². The van der Waals surface area contributed by atoms with Gasteiger partial charge in [-0.1, -0.05) is 32.6 Å². The fourth-order valence-electron chi connectivity index (χ4n) is 2.91. The Hall–Kier alpha value is -2.30. The van der Waals surface area contributed by atoms with Crippen molar-refractivity contribution in [2.24, 2.45) is 0 Å². The van der Waals surface area contributed by atoms with Crippen molar-refractivity contribution in [3.8, 4) is 5.75 Å². The lowest BCUT2D eigenvalue weighted by Crippen LogP contribution is -2.10. The minimum absolute atomic E-state index is 0.00528. The molecule has 0 aliphatic heterocycles. The van der Waals surface area contributed by atoms with E-state index in [-0.39, 0.29) is 11.8 Å². The third-order valence-electron chi connectivity index (χ3n) is 4.26. The first-order valence-corrected chi connectivity index (χ1v) is 8.79. The first kappa shape index (κ1) is 19.0. The van der Waals surface area contributed by atoms with E-state index in [1.165, 1.54) is 32.4 Å². The molecule has 0 amide bonds. The number of unbranched alkanes of at least 4 members (excludes halogenated alkanes) is 4. The number of carbonyl (C=O) groups excluding carboxylic acids is 1. The molecule has 0 spiro atoms. The van der Waals surface area contributed by atoms with Gasteiger partial charge in [0.25, 0.3) is 0 Å². The first-order valence-electron chi connectivity index (χ1n) is 8.79. The van der Waals surface area contributed by atoms with Crippen LogP contribution in [-0.2, 0) is 22.4 Å². The summed E-state index contributed by atoms with van der Waals surface area (Å²) in [7, 11) is 2.86. The Labute approximate surface area is 147 Å². The van der Waals surface area contributed by atoms with E-state index in [2.05, 4.69) is 6.92 Å². The first-order chi connectivity index (χ1) is 12.1. The standard InChI is InChI=1S/C20H26O5/c1-4-5-6-7-8-9-15-12-17(21)20-14(11-19(22)24-3)10-16(23-2)13-18(20)25-15/h10,12-13H,4-9,11H2,1-3H3. The summed E-state index contributed by atoms with van der Waals surface area (Å²) in [6.45, 7) is 2.18. The average molecular weight is 346 g/mol. The number of ether oxygens (including phenoxy) is 2. The monoisotopic (exact) mass is 346 g/mol. The highest BCUT2D eigenvalue weighted by molar-refractivity contribution is 5.86. The molecule has 2 aromatic rings. The quantitative estimate of drug-likeness (QED) is 0.506. The fourth-order valence-corrected chi connectivity index (χ4v) is 2.91. The SMILES string of the molecule is CCCCCCCc1cc(=O)c2c(CC(=O)OC)cc(OC)cc2o1. The van der Waals surface area contributed by atoms with Gasteiger partial charge < -0.3 is 13.9 Å². The van der Waals surface area contributed by atoms with Crippen LogP contribution in [0.25, 0.3) is 11.0 Å². The predicted molar refractivity (Wildman–Crippen MR) is 97.2 cm³/mol. The smallest absolute Gasteiger partial charge is 0.310 e. The number of methoxy groups -OCH3 is 2. The largest absolute Gasteiger partial charge is 0.497 e. The van der Waals surface area contributed by atoms with Gasteiger partial charge in [-0.3, -0.25) is 9.59 Å². The summed E-state index contributed by atoms with van der Waals surface area (Å²) >= 11 is 0. The zero-order chi connectivity index (χ0) is 18.2. The number of fused-ring (bicyclic) bond motifs is 1. The van der Waals surface area contributed by atoms with Gasteiger partial charge in [-0.15, -0.1) is 0 Å². The Kier molecular flexibility index (Phi) is 7.04. The van der Waals surface area contributed by atoms with E-state index in [0.29, 0.717) is 28.0 Å². The van der Waals surface area contributed by atoms with Crippen LogP contribution in [0.5, 0.6) is 5.75 Å². The highest BCUT2D eigenvalue weighted by atomic mass is 16.5. The van der Waals surface area contributed by atoms with E-state index >= 15 is 0 Å². The van der Waals surface area contributed by atoms with Crippen molar-refractivity contribution in [3.05, 3.63) is 39.7 Å². The number of hydrogen-bond donors (Lipinski definition) is 0. The summed E-state index contributed by atoms with van der Waals surface area (Å²) in [5, 5.41) is 0.418. The minimum atomic E-state index is -0.408. The minimum Gasteiger partial charge on any atom is -0.497 e. The summed E-state index contributed by atoms with van der Waals surface area (Å²) in [5.41, 5.74) is 0.880. The number of rotatable bonds is 9. The van der Waals surface area contributed by atoms with Crippen molar-refractivity contribution in [3.63, 3.8) is 0 Å². The molecule has 1 aromatic heterocycles. The normalized spacial score (nSPS) is 10.8. The lowest BCUT2D eigenvalue weighted by molar-refractivity contribution is -0.139. The second-order valence-electron chi connectivity index (χ2n) is 6.15. The molecule has 1 aromatic carbocycles. The maximum Gasteiger partial charge on any atom is 0.310 e. The van der Waals surface area contributed by atoms with Gasteiger partial charge in [-0.05, 0) is 18.1 Å². The second-order valence-corrected chi connectivity index (χ2v) is 6.15. The van der Waals surface area contributed by atoms with E-state index in [1.54, 1.807) is 19.2 Å². The summed E-state index contributed by atoms with van der Waals surface area (Å²) in [6, 6.07) is 4.91. The van der Waals surface area contributed by atoms with Gasteiger partial charge in [0, 0.05) is 18.6 Å². The molecular formula is C20H26O5. The van der Waals surface area contributed by atoms with Crippen LogP contribution in [0.2, 0.25) is 0 Å². The zero-order valence-electron chi connectivity index (χ0n) is 15.2. The summed E-state index contributed by atoms with van der Waals surface area (Å²) in [6.07, 6.45) is 6.49. The Morgan fingerprint density at radius 3 is 2.52 bits per heavy atom. The molecule has 5 nitrogen and oxygen atoms in total. The van der Waals surface area contributed by atoms with Gasteiger partial charge in [0.15, 0.2) is 5.43 Å². The maximum atomic E-state index is 12.6. The molecule has 0 bridgehead atoms. The third kappa shape index (κ3) is 5.08. The van der Waals surface area contributed by atoms with Crippen molar-refractivity contribution >= 4 is 16.9 Å². The highest BCUT2D eigenvalue weighted by Crippen LogP contribution is 2.25. The summed E-state index contributed by atoms with van der Waals surface area (Å²) in [4.78, 5) is 24.2. The molecule has 0 N–H and O–H groups in total. The van der Waals surface area contributed by atoms with Crippen LogP contribution < -0.4 is 10.2 Å². The Bertz CT molecular complexity index is 775. The highest BCUT2D eigenvalue weighted by Gasteiger charge is 2.15. The molecule has 25 heavy (non-hydrogen) atoms. The molecule has 0 unspecified atom stereocenters. The molecule has 0 radical (unpaired) electrons. The number of carbonyl (C=O) groups is 1. The lowest BCUT2D eigenvalue weighted by Gasteiger charge is -2.09. The molecule has 0 fully saturated rings. The third-order valence-corrected chi connectivity index (χ3v) is 4.26. The van der Waals surface area contributed by atoms with Gasteiger partial charge in [-0.2, -0.15) is 0 Å². The van der Waals surface area contributed by atoms with Crippen LogP contribution in [0.15, 0.2) is 27.4 Å². The van der Waals surface area contributed by atoms with E-state index in [4.69, 9.17) is 13.9 Å². The molecule has 1 heterocycles. The second kappa shape index (κ2) is 9.25. The molecule has 0 aliphatic rings. The average Bonchev–Trinajstić information content (AvgIpc) is 2.60. The van der Waals surface area contributed by atoms with Crippen molar-refractivity contribution in [2.75, 3.05) is 14.2 Å². The van der Waals surface area contributed by atoms with Crippen molar-refractivity contribution in [1.82, 2.24) is 0 Å². The van der Waals surface area contributed by atoms with Gasteiger partial charge in [0.05, 0.1) is 26.0 Å². The van der Waals surface area contributed by atoms with Gasteiger partial charge in [0.1, 0.15) is 17.1 Å². The zero-order valence-corrected chi connectivity index (χ0v) is 15.2. The topological polar surface area (TPSA) is 65.7 Å². The molecule has 0 aliphatic carbocycles. The molecule has 136 valence electrons. The van der Waals surface area contributed by atoms with Crippen LogP contribution in [0.3, 0.4) is 0 Å². The number of benzene rings is 1. The molecule has 5 heteroatoms. The lowest BCUT2D eigenvalue weighted by atomic mass is 10.0. The maximum absolute atomic E-state index is 12.6. The number of hydrogen-bond acceptors (Lipinski definition) is 5. The predicted octanol–water partition coefficient (Wildman–Crippen LogP) is 4.03. The molecule has 0 saturated heterocycles. The number of esters is 1. The van der Waals surface area contributed by atoms with E-state index in [1.807, 2.05) is 0 Å². The molecule has 2 rings (SSSR count). The van der Waals surface area contributed by atoms with Gasteiger partial charge in [-0.25, -0.2) is 0 Å². The van der Waals surface area contributed by atoms with Gasteiger partial charge in [0.2, 0.25) is 0 Å². The molecule has 0 atom stereocenters. The number of aryl methyl sites for hydroxylation is 1. The van der Waals surface area contributed by atoms with Crippen LogP contribution in [0.1, 0.15) is 50.4 Å². The Morgan fingerprint density at radius 1 is 1.08 bits per heavy atom. The van der Waals surface area contributed by atoms with E-state index in [9.17, 15) is 9.59 Å².